The van der Waals surface area contributed by atoms with E-state index in [-0.39, 0.29) is 44.1 Å². The number of hydrogen-bond donors (Lipinski definition) is 0. The fraction of sp³-hybridized carbons (Fsp3) is 0.643. The standard InChI is InChI=1S/C14H18N4O4S/c15-4-1-6-17(7-2-5-16)12(19)11-22-13(20)3-8-18-9-10-23-14(18)21/h1-3,6-11H2. The maximum atomic E-state index is 11.9. The molecule has 1 heterocycles. The monoisotopic (exact) mass is 338 g/mol. The van der Waals surface area contributed by atoms with Gasteiger partial charge in [-0.05, 0) is 0 Å². The lowest BCUT2D eigenvalue weighted by Crippen LogP contribution is -2.36. The van der Waals surface area contributed by atoms with Crippen LogP contribution in [-0.4, -0.2) is 65.5 Å². The third-order valence-electron chi connectivity index (χ3n) is 3.13. The van der Waals surface area contributed by atoms with Crippen molar-refractivity contribution in [3.63, 3.8) is 0 Å². The number of nitriles is 2. The Balaban J connectivity index is 2.31. The van der Waals surface area contributed by atoms with Crippen LogP contribution in [0.25, 0.3) is 0 Å². The minimum Gasteiger partial charge on any atom is -0.456 e. The molecular weight excluding hydrogens is 320 g/mol. The van der Waals surface area contributed by atoms with Crippen molar-refractivity contribution in [2.45, 2.75) is 19.3 Å². The van der Waals surface area contributed by atoms with Gasteiger partial charge in [0.2, 0.25) is 0 Å². The van der Waals surface area contributed by atoms with Crippen molar-refractivity contribution in [2.75, 3.05) is 38.5 Å². The molecule has 8 nitrogen and oxygen atoms in total. The number of esters is 1. The molecular formula is C14H18N4O4S. The third kappa shape index (κ3) is 7.02. The molecule has 0 N–H and O–H groups in total. The van der Waals surface area contributed by atoms with Gasteiger partial charge >= 0.3 is 5.97 Å². The van der Waals surface area contributed by atoms with E-state index in [0.29, 0.717) is 6.54 Å². The van der Waals surface area contributed by atoms with Crippen LogP contribution in [0.3, 0.4) is 0 Å². The smallest absolute Gasteiger partial charge is 0.308 e. The first-order valence-electron chi connectivity index (χ1n) is 7.17. The zero-order valence-corrected chi connectivity index (χ0v) is 13.5. The highest BCUT2D eigenvalue weighted by Gasteiger charge is 2.22. The van der Waals surface area contributed by atoms with Crippen molar-refractivity contribution in [2.24, 2.45) is 0 Å². The van der Waals surface area contributed by atoms with Gasteiger partial charge in [-0.25, -0.2) is 0 Å². The number of ether oxygens (including phenoxy) is 1. The Labute approximate surface area is 139 Å². The summed E-state index contributed by atoms with van der Waals surface area (Å²) in [5.41, 5.74) is 0. The molecule has 1 aliphatic heterocycles. The van der Waals surface area contributed by atoms with E-state index >= 15 is 0 Å². The summed E-state index contributed by atoms with van der Waals surface area (Å²) in [5.74, 6) is -0.265. The minimum atomic E-state index is -0.552. The Morgan fingerprint density at radius 1 is 1.26 bits per heavy atom. The average Bonchev–Trinajstić information content (AvgIpc) is 2.96. The van der Waals surface area contributed by atoms with E-state index in [1.54, 1.807) is 4.90 Å². The normalized spacial score (nSPS) is 13.3. The quantitative estimate of drug-likeness (QED) is 0.570. The maximum absolute atomic E-state index is 11.9. The molecule has 0 aliphatic carbocycles. The highest BCUT2D eigenvalue weighted by atomic mass is 32.2. The highest BCUT2D eigenvalue weighted by Crippen LogP contribution is 2.17. The summed E-state index contributed by atoms with van der Waals surface area (Å²) in [6.45, 7) is 0.887. The van der Waals surface area contributed by atoms with Gasteiger partial charge in [0.05, 0.1) is 31.4 Å². The van der Waals surface area contributed by atoms with Crippen molar-refractivity contribution in [1.82, 2.24) is 9.80 Å². The molecule has 0 spiro atoms. The van der Waals surface area contributed by atoms with Crippen LogP contribution in [0.15, 0.2) is 0 Å². The molecule has 0 aromatic rings. The van der Waals surface area contributed by atoms with E-state index < -0.39 is 18.5 Å². The summed E-state index contributed by atoms with van der Waals surface area (Å²) in [5, 5.41) is 17.1. The number of nitrogens with zero attached hydrogens (tertiary/aromatic N) is 4. The summed E-state index contributed by atoms with van der Waals surface area (Å²) in [6, 6.07) is 3.85. The van der Waals surface area contributed by atoms with E-state index in [1.165, 1.54) is 16.7 Å². The number of carbonyl (C=O) groups is 3. The lowest BCUT2D eigenvalue weighted by atomic mass is 10.3. The van der Waals surface area contributed by atoms with Crippen LogP contribution in [0.2, 0.25) is 0 Å². The van der Waals surface area contributed by atoms with Crippen LogP contribution < -0.4 is 0 Å². The molecule has 0 atom stereocenters. The van der Waals surface area contributed by atoms with Gasteiger partial charge in [-0.15, -0.1) is 0 Å². The number of amides is 2. The summed E-state index contributed by atoms with van der Waals surface area (Å²) in [6.07, 6.45) is 0.343. The molecule has 0 unspecified atom stereocenters. The molecule has 0 radical (unpaired) electrons. The second-order valence-corrected chi connectivity index (χ2v) is 5.76. The molecule has 23 heavy (non-hydrogen) atoms. The molecule has 0 saturated carbocycles. The zero-order valence-electron chi connectivity index (χ0n) is 12.7. The van der Waals surface area contributed by atoms with Gasteiger partial charge in [0.15, 0.2) is 6.61 Å². The van der Waals surface area contributed by atoms with Crippen molar-refractivity contribution in [3.8, 4) is 12.1 Å². The van der Waals surface area contributed by atoms with Gasteiger partial charge in [-0.2, -0.15) is 10.5 Å². The van der Waals surface area contributed by atoms with Gasteiger partial charge in [0, 0.05) is 31.9 Å². The first kappa shape index (κ1) is 18.8. The average molecular weight is 338 g/mol. The SMILES string of the molecule is N#CCCN(CCC#N)C(=O)COC(=O)CCN1CCSC1=O. The van der Waals surface area contributed by atoms with Crippen molar-refractivity contribution >= 4 is 28.9 Å². The van der Waals surface area contributed by atoms with Crippen LogP contribution in [0.1, 0.15) is 19.3 Å². The highest BCUT2D eigenvalue weighted by molar-refractivity contribution is 8.13. The fourth-order valence-electron chi connectivity index (χ4n) is 1.89. The van der Waals surface area contributed by atoms with E-state index in [4.69, 9.17) is 15.3 Å². The van der Waals surface area contributed by atoms with Crippen molar-refractivity contribution < 1.29 is 19.1 Å². The van der Waals surface area contributed by atoms with E-state index in [0.717, 1.165) is 5.75 Å². The lowest BCUT2D eigenvalue weighted by molar-refractivity contribution is -0.152. The molecule has 9 heteroatoms. The fourth-order valence-corrected chi connectivity index (χ4v) is 2.74. The number of rotatable bonds is 9. The van der Waals surface area contributed by atoms with Gasteiger partial charge in [-0.3, -0.25) is 14.4 Å². The van der Waals surface area contributed by atoms with Crippen LogP contribution in [0, 0.1) is 22.7 Å². The van der Waals surface area contributed by atoms with Crippen LogP contribution in [-0.2, 0) is 14.3 Å². The molecule has 2 amide bonds. The van der Waals surface area contributed by atoms with Gasteiger partial charge in [0.1, 0.15) is 0 Å². The molecule has 0 aromatic heterocycles. The van der Waals surface area contributed by atoms with Crippen LogP contribution in [0.5, 0.6) is 0 Å². The maximum Gasteiger partial charge on any atom is 0.308 e. The van der Waals surface area contributed by atoms with Crippen molar-refractivity contribution in [3.05, 3.63) is 0 Å². The minimum absolute atomic E-state index is 0.0377. The number of hydrogen-bond acceptors (Lipinski definition) is 7. The largest absolute Gasteiger partial charge is 0.456 e. The Bertz CT molecular complexity index is 508. The predicted octanol–water partition coefficient (Wildman–Crippen LogP) is 0.744. The molecule has 1 rings (SSSR count). The van der Waals surface area contributed by atoms with Gasteiger partial charge in [0.25, 0.3) is 11.1 Å². The molecule has 0 aromatic carbocycles. The van der Waals surface area contributed by atoms with Gasteiger partial charge < -0.3 is 14.5 Å². The van der Waals surface area contributed by atoms with Crippen molar-refractivity contribution in [1.29, 1.82) is 10.5 Å². The third-order valence-corrected chi connectivity index (χ3v) is 4.02. The first-order valence-corrected chi connectivity index (χ1v) is 8.16. The summed E-state index contributed by atoms with van der Waals surface area (Å²) >= 11 is 1.22. The molecule has 1 aliphatic rings. The van der Waals surface area contributed by atoms with Crippen LogP contribution >= 0.6 is 11.8 Å². The molecule has 1 fully saturated rings. The number of thioether (sulfide) groups is 1. The van der Waals surface area contributed by atoms with Crippen LogP contribution in [0.4, 0.5) is 4.79 Å². The summed E-state index contributed by atoms with van der Waals surface area (Å²) in [4.78, 5) is 37.8. The van der Waals surface area contributed by atoms with E-state index in [2.05, 4.69) is 0 Å². The second-order valence-electron chi connectivity index (χ2n) is 4.71. The molecule has 0 bridgehead atoms. The van der Waals surface area contributed by atoms with E-state index in [1.807, 2.05) is 12.1 Å². The summed E-state index contributed by atoms with van der Waals surface area (Å²) < 4.78 is 4.90. The zero-order chi connectivity index (χ0) is 17.1. The summed E-state index contributed by atoms with van der Waals surface area (Å²) in [7, 11) is 0. The van der Waals surface area contributed by atoms with Gasteiger partial charge in [-0.1, -0.05) is 11.8 Å². The Hall–Kier alpha value is -2.26. The number of carbonyl (C=O) groups excluding carboxylic acids is 3. The predicted molar refractivity (Wildman–Crippen MR) is 82.0 cm³/mol. The Morgan fingerprint density at radius 3 is 2.43 bits per heavy atom. The Morgan fingerprint density at radius 2 is 1.91 bits per heavy atom. The first-order chi connectivity index (χ1) is 11.1. The van der Waals surface area contributed by atoms with E-state index in [9.17, 15) is 14.4 Å². The Kier molecular flexibility index (Phi) is 8.55. The molecule has 124 valence electrons. The second kappa shape index (κ2) is 10.5. The topological polar surface area (TPSA) is 114 Å². The lowest BCUT2D eigenvalue weighted by Gasteiger charge is -2.20. The molecule has 1 saturated heterocycles.